The third-order valence-corrected chi connectivity index (χ3v) is 5.81. The van der Waals surface area contributed by atoms with Gasteiger partial charge in [-0.05, 0) is 54.0 Å². The van der Waals surface area contributed by atoms with Gasteiger partial charge >= 0.3 is 0 Å². The molecule has 1 amide bonds. The summed E-state index contributed by atoms with van der Waals surface area (Å²) in [5.41, 5.74) is 1.68. The van der Waals surface area contributed by atoms with Crippen molar-refractivity contribution in [3.63, 3.8) is 0 Å². The minimum Gasteiger partial charge on any atom is -0.393 e. The van der Waals surface area contributed by atoms with Gasteiger partial charge in [0.25, 0.3) is 5.91 Å². The predicted octanol–water partition coefficient (Wildman–Crippen LogP) is 3.23. The Balaban J connectivity index is 1.49. The van der Waals surface area contributed by atoms with Crippen LogP contribution in [0, 0.1) is 5.92 Å². The Labute approximate surface area is 156 Å². The van der Waals surface area contributed by atoms with Crippen LogP contribution in [0.4, 0.5) is 0 Å². The Morgan fingerprint density at radius 2 is 2.19 bits per heavy atom. The minimum absolute atomic E-state index is 0.0410. The summed E-state index contributed by atoms with van der Waals surface area (Å²) in [6, 6.07) is 13.5. The number of hydrogen-bond donors (Lipinski definition) is 2. The molecule has 1 atom stereocenters. The normalized spacial score (nSPS) is 20.3. The van der Waals surface area contributed by atoms with E-state index in [0.717, 1.165) is 23.3 Å². The first-order chi connectivity index (χ1) is 12.7. The molecule has 2 aromatic heterocycles. The highest BCUT2D eigenvalue weighted by Gasteiger charge is 2.36. The van der Waals surface area contributed by atoms with Crippen LogP contribution in [0.5, 0.6) is 0 Å². The molecule has 2 heterocycles. The molecule has 4 rings (SSSR count). The number of carbonyl (C=O) groups is 1. The van der Waals surface area contributed by atoms with Gasteiger partial charge in [0.2, 0.25) is 0 Å². The smallest absolute Gasteiger partial charge is 0.251 e. The largest absolute Gasteiger partial charge is 0.393 e. The van der Waals surface area contributed by atoms with Crippen LogP contribution in [0.25, 0.3) is 0 Å². The van der Waals surface area contributed by atoms with Crippen molar-refractivity contribution in [1.82, 2.24) is 15.1 Å². The Kier molecular flexibility index (Phi) is 4.86. The summed E-state index contributed by atoms with van der Waals surface area (Å²) < 4.78 is 1.83. The van der Waals surface area contributed by atoms with Gasteiger partial charge in [0.1, 0.15) is 0 Å². The summed E-state index contributed by atoms with van der Waals surface area (Å²) in [5.74, 6) is 0.215. The first-order valence-electron chi connectivity index (χ1n) is 8.78. The molecule has 1 saturated carbocycles. The van der Waals surface area contributed by atoms with Crippen LogP contribution >= 0.6 is 11.3 Å². The van der Waals surface area contributed by atoms with Gasteiger partial charge in [-0.15, -0.1) is 11.3 Å². The number of thiophene rings is 1. The van der Waals surface area contributed by atoms with E-state index >= 15 is 0 Å². The van der Waals surface area contributed by atoms with E-state index < -0.39 is 0 Å². The summed E-state index contributed by atoms with van der Waals surface area (Å²) in [6.07, 6.45) is 4.89. The zero-order valence-electron chi connectivity index (χ0n) is 14.3. The fourth-order valence-corrected chi connectivity index (χ4v) is 4.28. The van der Waals surface area contributed by atoms with Gasteiger partial charge in [-0.25, -0.2) is 0 Å². The third-order valence-electron chi connectivity index (χ3n) is 4.85. The molecule has 1 aromatic carbocycles. The van der Waals surface area contributed by atoms with Crippen LogP contribution in [-0.4, -0.2) is 26.9 Å². The zero-order valence-corrected chi connectivity index (χ0v) is 15.1. The Bertz CT molecular complexity index is 855. The second-order valence-corrected chi connectivity index (χ2v) is 7.74. The van der Waals surface area contributed by atoms with E-state index in [4.69, 9.17) is 0 Å². The molecule has 1 aliphatic rings. The first-order valence-corrected chi connectivity index (χ1v) is 9.66. The number of aliphatic hydroxyl groups excluding tert-OH is 1. The number of aliphatic hydroxyl groups is 1. The zero-order chi connectivity index (χ0) is 17.9. The Morgan fingerprint density at radius 3 is 2.88 bits per heavy atom. The molecule has 134 valence electrons. The second kappa shape index (κ2) is 7.43. The highest BCUT2D eigenvalue weighted by molar-refractivity contribution is 7.10. The molecule has 0 bridgehead atoms. The minimum atomic E-state index is -0.239. The molecule has 0 aliphatic heterocycles. The van der Waals surface area contributed by atoms with Crippen molar-refractivity contribution in [2.24, 2.45) is 5.92 Å². The molecule has 1 unspecified atom stereocenters. The number of carbonyl (C=O) groups excluding carboxylic acids is 1. The molecule has 0 radical (unpaired) electrons. The van der Waals surface area contributed by atoms with Gasteiger partial charge in [-0.2, -0.15) is 5.10 Å². The molecule has 0 saturated heterocycles. The van der Waals surface area contributed by atoms with Crippen molar-refractivity contribution in [2.75, 3.05) is 0 Å². The Hall–Kier alpha value is -2.44. The first kappa shape index (κ1) is 17.0. The highest BCUT2D eigenvalue weighted by Crippen LogP contribution is 2.39. The molecule has 3 aromatic rings. The number of nitrogens with one attached hydrogen (secondary N) is 1. The van der Waals surface area contributed by atoms with Gasteiger partial charge < -0.3 is 10.4 Å². The average molecular weight is 367 g/mol. The van der Waals surface area contributed by atoms with Crippen molar-refractivity contribution in [3.8, 4) is 0 Å². The van der Waals surface area contributed by atoms with Crippen molar-refractivity contribution in [3.05, 3.63) is 76.2 Å². The molecule has 5 nitrogen and oxygen atoms in total. The van der Waals surface area contributed by atoms with E-state index in [2.05, 4.69) is 16.5 Å². The number of aromatic nitrogens is 2. The Morgan fingerprint density at radius 1 is 1.31 bits per heavy atom. The van der Waals surface area contributed by atoms with E-state index in [1.54, 1.807) is 17.5 Å². The van der Waals surface area contributed by atoms with Gasteiger partial charge in [0.15, 0.2) is 0 Å². The topological polar surface area (TPSA) is 67.2 Å². The van der Waals surface area contributed by atoms with E-state index in [1.165, 1.54) is 0 Å². The van der Waals surface area contributed by atoms with Crippen molar-refractivity contribution >= 4 is 17.2 Å². The maximum absolute atomic E-state index is 12.8. The molecule has 6 heteroatoms. The van der Waals surface area contributed by atoms with E-state index in [0.29, 0.717) is 18.0 Å². The van der Waals surface area contributed by atoms with Crippen LogP contribution in [0.1, 0.15) is 39.7 Å². The molecule has 0 spiro atoms. The number of amides is 1. The number of nitrogens with zero attached hydrogens (tertiary/aromatic N) is 2. The van der Waals surface area contributed by atoms with E-state index in [9.17, 15) is 9.90 Å². The number of hydrogen-bond acceptors (Lipinski definition) is 4. The molecular formula is C20H21N3O2S. The molecule has 1 aliphatic carbocycles. The van der Waals surface area contributed by atoms with Crippen molar-refractivity contribution < 1.29 is 9.90 Å². The maximum atomic E-state index is 12.8. The summed E-state index contributed by atoms with van der Waals surface area (Å²) >= 11 is 1.64. The lowest BCUT2D eigenvalue weighted by atomic mass is 9.76. The lowest BCUT2D eigenvalue weighted by Gasteiger charge is -2.37. The quantitative estimate of drug-likeness (QED) is 0.703. The lowest BCUT2D eigenvalue weighted by Crippen LogP contribution is -2.41. The predicted molar refractivity (Wildman–Crippen MR) is 101 cm³/mol. The lowest BCUT2D eigenvalue weighted by molar-refractivity contribution is 0.0241. The van der Waals surface area contributed by atoms with Gasteiger partial charge in [0.05, 0.1) is 18.7 Å². The van der Waals surface area contributed by atoms with Gasteiger partial charge in [0, 0.05) is 22.8 Å². The molecule has 2 N–H and O–H groups in total. The van der Waals surface area contributed by atoms with Crippen LogP contribution < -0.4 is 5.32 Å². The summed E-state index contributed by atoms with van der Waals surface area (Å²) in [5, 5.41) is 19.1. The second-order valence-electron chi connectivity index (χ2n) is 6.76. The van der Waals surface area contributed by atoms with Crippen molar-refractivity contribution in [2.45, 2.75) is 31.5 Å². The molecule has 1 fully saturated rings. The van der Waals surface area contributed by atoms with Gasteiger partial charge in [-0.1, -0.05) is 18.2 Å². The summed E-state index contributed by atoms with van der Waals surface area (Å²) in [4.78, 5) is 14.0. The van der Waals surface area contributed by atoms with Crippen LogP contribution in [0.2, 0.25) is 0 Å². The molecular weight excluding hydrogens is 346 g/mol. The van der Waals surface area contributed by atoms with Gasteiger partial charge in [-0.3, -0.25) is 9.48 Å². The summed E-state index contributed by atoms with van der Waals surface area (Å²) in [6.45, 7) is 0.636. The van der Waals surface area contributed by atoms with Crippen LogP contribution in [-0.2, 0) is 6.54 Å². The van der Waals surface area contributed by atoms with Crippen LogP contribution in [0.15, 0.2) is 60.2 Å². The number of benzene rings is 1. The number of rotatable bonds is 6. The maximum Gasteiger partial charge on any atom is 0.251 e. The average Bonchev–Trinajstić information content (AvgIpc) is 3.31. The van der Waals surface area contributed by atoms with Crippen molar-refractivity contribution in [1.29, 1.82) is 0 Å². The van der Waals surface area contributed by atoms with Crippen LogP contribution in [0.3, 0.4) is 0 Å². The standard InChI is InChI=1S/C20H21N3O2S/c24-17-11-16(12-17)19(18-6-2-9-26-18)22-20(25)15-5-1-4-14(10-15)13-23-8-3-7-21-23/h1-10,16-17,19,24H,11-13H2,(H,22,25). The molecule has 26 heavy (non-hydrogen) atoms. The summed E-state index contributed by atoms with van der Waals surface area (Å²) in [7, 11) is 0. The van der Waals surface area contributed by atoms with E-state index in [1.807, 2.05) is 52.7 Å². The van der Waals surface area contributed by atoms with E-state index in [-0.39, 0.29) is 18.1 Å². The monoisotopic (exact) mass is 367 g/mol. The fourth-order valence-electron chi connectivity index (χ4n) is 3.41. The fraction of sp³-hybridized carbons (Fsp3) is 0.300. The third kappa shape index (κ3) is 3.71. The SMILES string of the molecule is O=C(NC(c1cccs1)C1CC(O)C1)c1cccc(Cn2cccn2)c1. The highest BCUT2D eigenvalue weighted by atomic mass is 32.1.